The first-order valence-electron chi connectivity index (χ1n) is 9.22. The molecular formula is C21H25N3O3. The van der Waals surface area contributed by atoms with Crippen molar-refractivity contribution in [3.05, 3.63) is 60.2 Å². The first-order valence-corrected chi connectivity index (χ1v) is 9.22. The Balaban J connectivity index is 1.54. The summed E-state index contributed by atoms with van der Waals surface area (Å²) in [5, 5.41) is 5.82. The highest BCUT2D eigenvalue weighted by Gasteiger charge is 2.31. The first-order chi connectivity index (χ1) is 13.1. The molecule has 2 N–H and O–H groups in total. The highest BCUT2D eigenvalue weighted by atomic mass is 16.5. The van der Waals surface area contributed by atoms with Crippen LogP contribution in [0.1, 0.15) is 31.9 Å². The number of amides is 3. The van der Waals surface area contributed by atoms with Gasteiger partial charge in [0, 0.05) is 18.7 Å². The van der Waals surface area contributed by atoms with Gasteiger partial charge < -0.3 is 20.3 Å². The van der Waals surface area contributed by atoms with E-state index >= 15 is 0 Å². The molecule has 1 aliphatic rings. The smallest absolute Gasteiger partial charge is 0.315 e. The third kappa shape index (κ3) is 4.78. The molecule has 1 heterocycles. The summed E-state index contributed by atoms with van der Waals surface area (Å²) < 4.78 is 5.43. The summed E-state index contributed by atoms with van der Waals surface area (Å²) in [6.07, 6.45) is 0.292. The number of urea groups is 1. The minimum Gasteiger partial charge on any atom is -0.494 e. The Kier molecular flexibility index (Phi) is 5.96. The van der Waals surface area contributed by atoms with Crippen LogP contribution in [-0.4, -0.2) is 31.1 Å². The van der Waals surface area contributed by atoms with Gasteiger partial charge in [-0.1, -0.05) is 30.3 Å². The van der Waals surface area contributed by atoms with E-state index < -0.39 is 0 Å². The van der Waals surface area contributed by atoms with E-state index in [0.717, 1.165) is 17.0 Å². The van der Waals surface area contributed by atoms with Gasteiger partial charge in [-0.2, -0.15) is 0 Å². The number of carbonyl (C=O) groups excluding carboxylic acids is 2. The molecule has 3 amide bonds. The normalized spacial score (nSPS) is 17.5. The van der Waals surface area contributed by atoms with Crippen molar-refractivity contribution in [2.45, 2.75) is 32.4 Å². The maximum absolute atomic E-state index is 12.3. The second-order valence-corrected chi connectivity index (χ2v) is 6.58. The molecule has 6 nitrogen and oxygen atoms in total. The summed E-state index contributed by atoms with van der Waals surface area (Å²) in [6, 6.07) is 16.6. The number of ether oxygens (including phenoxy) is 1. The van der Waals surface area contributed by atoms with Crippen molar-refractivity contribution < 1.29 is 14.3 Å². The zero-order chi connectivity index (χ0) is 19.2. The van der Waals surface area contributed by atoms with E-state index in [0.29, 0.717) is 19.6 Å². The zero-order valence-corrected chi connectivity index (χ0v) is 15.6. The summed E-state index contributed by atoms with van der Waals surface area (Å²) in [5.41, 5.74) is 1.84. The standard InChI is InChI=1S/C21H25N3O3/c1-3-27-19-11-9-18(10-12-19)24-14-17(13-20(24)25)23-21(26)22-15(2)16-7-5-4-6-8-16/h4-12,15,17H,3,13-14H2,1-2H3,(H2,22,23,26). The number of nitrogens with one attached hydrogen (secondary N) is 2. The molecule has 1 aliphatic heterocycles. The number of anilines is 1. The number of hydrogen-bond acceptors (Lipinski definition) is 3. The van der Waals surface area contributed by atoms with Crippen LogP contribution >= 0.6 is 0 Å². The Morgan fingerprint density at radius 1 is 1.19 bits per heavy atom. The predicted molar refractivity (Wildman–Crippen MR) is 105 cm³/mol. The molecule has 1 fully saturated rings. The largest absolute Gasteiger partial charge is 0.494 e. The zero-order valence-electron chi connectivity index (χ0n) is 15.6. The van der Waals surface area contributed by atoms with Crippen LogP contribution in [0.3, 0.4) is 0 Å². The average Bonchev–Trinajstić information content (AvgIpc) is 3.03. The summed E-state index contributed by atoms with van der Waals surface area (Å²) in [4.78, 5) is 26.3. The molecule has 142 valence electrons. The molecule has 0 spiro atoms. The van der Waals surface area contributed by atoms with E-state index in [-0.39, 0.29) is 24.0 Å². The van der Waals surface area contributed by atoms with E-state index in [9.17, 15) is 9.59 Å². The van der Waals surface area contributed by atoms with Gasteiger partial charge in [0.15, 0.2) is 0 Å². The molecular weight excluding hydrogens is 342 g/mol. The van der Waals surface area contributed by atoms with Gasteiger partial charge in [0.25, 0.3) is 0 Å². The molecule has 0 radical (unpaired) electrons. The molecule has 0 aliphatic carbocycles. The van der Waals surface area contributed by atoms with Crippen molar-refractivity contribution in [3.8, 4) is 5.75 Å². The fourth-order valence-corrected chi connectivity index (χ4v) is 3.19. The Morgan fingerprint density at radius 3 is 2.56 bits per heavy atom. The van der Waals surface area contributed by atoms with Crippen LogP contribution in [0.2, 0.25) is 0 Å². The molecule has 2 aromatic rings. The molecule has 0 bridgehead atoms. The van der Waals surface area contributed by atoms with Crippen LogP contribution < -0.4 is 20.3 Å². The molecule has 0 aromatic heterocycles. The monoisotopic (exact) mass is 367 g/mol. The Bertz CT molecular complexity index is 777. The molecule has 2 atom stereocenters. The quantitative estimate of drug-likeness (QED) is 0.823. The minimum absolute atomic E-state index is 0.000526. The summed E-state index contributed by atoms with van der Waals surface area (Å²) in [5.74, 6) is 0.775. The topological polar surface area (TPSA) is 70.7 Å². The van der Waals surface area contributed by atoms with Crippen molar-refractivity contribution in [2.24, 2.45) is 0 Å². The summed E-state index contributed by atoms with van der Waals surface area (Å²) >= 11 is 0. The van der Waals surface area contributed by atoms with Crippen LogP contribution in [-0.2, 0) is 4.79 Å². The number of benzene rings is 2. The van der Waals surface area contributed by atoms with Gasteiger partial charge in [-0.3, -0.25) is 4.79 Å². The SMILES string of the molecule is CCOc1ccc(N2CC(NC(=O)NC(C)c3ccccc3)CC2=O)cc1. The first kappa shape index (κ1) is 18.8. The van der Waals surface area contributed by atoms with Crippen molar-refractivity contribution in [1.82, 2.24) is 10.6 Å². The minimum atomic E-state index is -0.266. The Labute approximate surface area is 159 Å². The lowest BCUT2D eigenvalue weighted by Crippen LogP contribution is -2.44. The second kappa shape index (κ2) is 8.58. The number of carbonyl (C=O) groups is 2. The van der Waals surface area contributed by atoms with E-state index in [2.05, 4.69) is 10.6 Å². The van der Waals surface area contributed by atoms with Crippen molar-refractivity contribution in [3.63, 3.8) is 0 Å². The lowest BCUT2D eigenvalue weighted by atomic mass is 10.1. The maximum atomic E-state index is 12.3. The van der Waals surface area contributed by atoms with Gasteiger partial charge in [-0.25, -0.2) is 4.79 Å². The molecule has 2 unspecified atom stereocenters. The fraction of sp³-hybridized carbons (Fsp3) is 0.333. The molecule has 6 heteroatoms. The van der Waals surface area contributed by atoms with Crippen LogP contribution in [0.15, 0.2) is 54.6 Å². The van der Waals surface area contributed by atoms with Gasteiger partial charge in [0.1, 0.15) is 5.75 Å². The third-order valence-electron chi connectivity index (χ3n) is 4.57. The molecule has 27 heavy (non-hydrogen) atoms. The number of hydrogen-bond donors (Lipinski definition) is 2. The molecule has 2 aromatic carbocycles. The molecule has 0 saturated carbocycles. The average molecular weight is 367 g/mol. The van der Waals surface area contributed by atoms with Gasteiger partial charge in [0.05, 0.1) is 18.7 Å². The lowest BCUT2D eigenvalue weighted by Gasteiger charge is -2.19. The van der Waals surface area contributed by atoms with E-state index in [1.54, 1.807) is 4.90 Å². The van der Waals surface area contributed by atoms with Crippen LogP contribution in [0, 0.1) is 0 Å². The molecule has 1 saturated heterocycles. The van der Waals surface area contributed by atoms with Gasteiger partial charge in [-0.15, -0.1) is 0 Å². The summed E-state index contributed by atoms with van der Waals surface area (Å²) in [7, 11) is 0. The Morgan fingerprint density at radius 2 is 1.89 bits per heavy atom. The van der Waals surface area contributed by atoms with Crippen LogP contribution in [0.4, 0.5) is 10.5 Å². The second-order valence-electron chi connectivity index (χ2n) is 6.58. The summed E-state index contributed by atoms with van der Waals surface area (Å²) in [6.45, 7) is 4.92. The Hall–Kier alpha value is -3.02. The van der Waals surface area contributed by atoms with Crippen molar-refractivity contribution >= 4 is 17.6 Å². The van der Waals surface area contributed by atoms with Crippen molar-refractivity contribution in [1.29, 1.82) is 0 Å². The third-order valence-corrected chi connectivity index (χ3v) is 4.57. The van der Waals surface area contributed by atoms with E-state index in [1.165, 1.54) is 0 Å². The van der Waals surface area contributed by atoms with E-state index in [4.69, 9.17) is 4.74 Å². The fourth-order valence-electron chi connectivity index (χ4n) is 3.19. The van der Waals surface area contributed by atoms with Gasteiger partial charge in [0.2, 0.25) is 5.91 Å². The van der Waals surface area contributed by atoms with Crippen LogP contribution in [0.5, 0.6) is 5.75 Å². The maximum Gasteiger partial charge on any atom is 0.315 e. The van der Waals surface area contributed by atoms with E-state index in [1.807, 2.05) is 68.4 Å². The lowest BCUT2D eigenvalue weighted by molar-refractivity contribution is -0.117. The van der Waals surface area contributed by atoms with Crippen molar-refractivity contribution in [2.75, 3.05) is 18.1 Å². The van der Waals surface area contributed by atoms with Gasteiger partial charge in [-0.05, 0) is 43.7 Å². The number of rotatable bonds is 6. The predicted octanol–water partition coefficient (Wildman–Crippen LogP) is 3.25. The van der Waals surface area contributed by atoms with Crippen LogP contribution in [0.25, 0.3) is 0 Å². The van der Waals surface area contributed by atoms with Gasteiger partial charge >= 0.3 is 6.03 Å². The molecule has 3 rings (SSSR count). The highest BCUT2D eigenvalue weighted by molar-refractivity contribution is 5.96. The number of nitrogens with zero attached hydrogens (tertiary/aromatic N) is 1. The highest BCUT2D eigenvalue weighted by Crippen LogP contribution is 2.24.